The maximum atomic E-state index is 2.49. The highest BCUT2D eigenvalue weighted by Crippen LogP contribution is 2.65. The summed E-state index contributed by atoms with van der Waals surface area (Å²) >= 11 is 0. The van der Waals surface area contributed by atoms with Gasteiger partial charge in [-0.2, -0.15) is 0 Å². The van der Waals surface area contributed by atoms with E-state index in [-0.39, 0.29) is 0 Å². The SMILES string of the molecule is CC[C@]1(C)C[C@](C)(CC)C(C)(C)[C@H]1C. The molecule has 1 saturated carbocycles. The molecule has 0 aromatic rings. The van der Waals surface area contributed by atoms with Crippen LogP contribution >= 0.6 is 0 Å². The van der Waals surface area contributed by atoms with Crippen molar-refractivity contribution in [1.82, 2.24) is 0 Å². The first-order valence-corrected chi connectivity index (χ1v) is 6.23. The third kappa shape index (κ3) is 1.33. The first kappa shape index (κ1) is 12.1. The second-order valence-electron chi connectivity index (χ2n) is 6.54. The normalized spacial score (nSPS) is 46.9. The quantitative estimate of drug-likeness (QED) is 0.590. The Morgan fingerprint density at radius 2 is 1.50 bits per heavy atom. The summed E-state index contributed by atoms with van der Waals surface area (Å²) in [7, 11) is 0. The minimum absolute atomic E-state index is 0.493. The smallest absolute Gasteiger partial charge is 0.0269 e. The van der Waals surface area contributed by atoms with Crippen molar-refractivity contribution in [3.8, 4) is 0 Å². The Hall–Kier alpha value is 0. The van der Waals surface area contributed by atoms with Gasteiger partial charge in [-0.1, -0.05) is 61.3 Å². The fourth-order valence-corrected chi connectivity index (χ4v) is 3.68. The highest BCUT2D eigenvalue weighted by molar-refractivity contribution is 5.06. The van der Waals surface area contributed by atoms with Crippen LogP contribution in [0.3, 0.4) is 0 Å². The Balaban J connectivity index is 3.09. The molecule has 0 N–H and O–H groups in total. The predicted octanol–water partition coefficient (Wildman–Crippen LogP) is 4.89. The van der Waals surface area contributed by atoms with Crippen LogP contribution in [0.1, 0.15) is 67.7 Å². The summed E-state index contributed by atoms with van der Waals surface area (Å²) < 4.78 is 0. The lowest BCUT2D eigenvalue weighted by Crippen LogP contribution is -2.33. The zero-order valence-electron chi connectivity index (χ0n) is 11.2. The van der Waals surface area contributed by atoms with Crippen molar-refractivity contribution < 1.29 is 0 Å². The summed E-state index contributed by atoms with van der Waals surface area (Å²) in [6.07, 6.45) is 4.05. The maximum Gasteiger partial charge on any atom is -0.0269 e. The average molecular weight is 196 g/mol. The summed E-state index contributed by atoms with van der Waals surface area (Å²) in [5.41, 5.74) is 1.60. The van der Waals surface area contributed by atoms with E-state index in [1.165, 1.54) is 19.3 Å². The summed E-state index contributed by atoms with van der Waals surface area (Å²) in [6.45, 7) is 17.1. The summed E-state index contributed by atoms with van der Waals surface area (Å²) in [4.78, 5) is 0. The molecule has 1 aliphatic rings. The lowest BCUT2D eigenvalue weighted by molar-refractivity contribution is 0.0826. The van der Waals surface area contributed by atoms with Gasteiger partial charge in [0.05, 0.1) is 0 Å². The Labute approximate surface area is 90.5 Å². The van der Waals surface area contributed by atoms with Crippen LogP contribution in [-0.4, -0.2) is 0 Å². The van der Waals surface area contributed by atoms with E-state index in [9.17, 15) is 0 Å². The molecule has 0 aliphatic heterocycles. The van der Waals surface area contributed by atoms with Crippen molar-refractivity contribution in [3.63, 3.8) is 0 Å². The highest BCUT2D eigenvalue weighted by atomic mass is 14.6. The molecule has 1 fully saturated rings. The third-order valence-corrected chi connectivity index (χ3v) is 6.07. The van der Waals surface area contributed by atoms with Crippen molar-refractivity contribution >= 4 is 0 Å². The second kappa shape index (κ2) is 3.25. The molecule has 0 aromatic carbocycles. The minimum Gasteiger partial charge on any atom is -0.0649 e. The van der Waals surface area contributed by atoms with Crippen LogP contribution in [-0.2, 0) is 0 Å². The average Bonchev–Trinajstić information content (AvgIpc) is 2.27. The number of hydrogen-bond donors (Lipinski definition) is 0. The van der Waals surface area contributed by atoms with E-state index >= 15 is 0 Å². The maximum absolute atomic E-state index is 2.49. The molecule has 0 saturated heterocycles. The molecule has 0 radical (unpaired) electrons. The van der Waals surface area contributed by atoms with Crippen LogP contribution in [0.15, 0.2) is 0 Å². The van der Waals surface area contributed by atoms with Gasteiger partial charge in [-0.05, 0) is 28.6 Å². The summed E-state index contributed by atoms with van der Waals surface area (Å²) in [5, 5.41) is 0. The Kier molecular flexibility index (Phi) is 2.80. The molecular formula is C14H28. The van der Waals surface area contributed by atoms with E-state index in [1.807, 2.05) is 0 Å². The number of hydrogen-bond acceptors (Lipinski definition) is 0. The van der Waals surface area contributed by atoms with Crippen LogP contribution in [0.2, 0.25) is 0 Å². The van der Waals surface area contributed by atoms with Gasteiger partial charge in [0.2, 0.25) is 0 Å². The molecule has 0 amide bonds. The van der Waals surface area contributed by atoms with Gasteiger partial charge in [-0.25, -0.2) is 0 Å². The standard InChI is InChI=1S/C14H28/c1-8-13(6)10-14(7,9-2)12(4,5)11(13)3/h11H,8-10H2,1-7H3/t11-,13-,14+/m1/s1. The Morgan fingerprint density at radius 3 is 1.71 bits per heavy atom. The van der Waals surface area contributed by atoms with Crippen LogP contribution in [0, 0.1) is 22.2 Å². The van der Waals surface area contributed by atoms with Gasteiger partial charge in [0.25, 0.3) is 0 Å². The van der Waals surface area contributed by atoms with E-state index in [0.29, 0.717) is 16.2 Å². The fraction of sp³-hybridized carbons (Fsp3) is 1.00. The zero-order valence-corrected chi connectivity index (χ0v) is 11.2. The van der Waals surface area contributed by atoms with E-state index < -0.39 is 0 Å². The number of rotatable bonds is 2. The lowest BCUT2D eigenvalue weighted by atomic mass is 9.64. The van der Waals surface area contributed by atoms with Crippen molar-refractivity contribution in [2.24, 2.45) is 22.2 Å². The lowest BCUT2D eigenvalue weighted by Gasteiger charge is -2.41. The van der Waals surface area contributed by atoms with Gasteiger partial charge in [-0.15, -0.1) is 0 Å². The Bertz CT molecular complexity index is 213. The van der Waals surface area contributed by atoms with Gasteiger partial charge < -0.3 is 0 Å². The molecule has 0 heterocycles. The molecule has 0 heteroatoms. The first-order valence-electron chi connectivity index (χ1n) is 6.23. The van der Waals surface area contributed by atoms with Crippen molar-refractivity contribution in [2.75, 3.05) is 0 Å². The van der Waals surface area contributed by atoms with E-state index in [1.54, 1.807) is 0 Å². The van der Waals surface area contributed by atoms with Crippen molar-refractivity contribution in [3.05, 3.63) is 0 Å². The van der Waals surface area contributed by atoms with Gasteiger partial charge in [-0.3, -0.25) is 0 Å². The summed E-state index contributed by atoms with van der Waals surface area (Å²) in [6, 6.07) is 0. The Morgan fingerprint density at radius 1 is 1.00 bits per heavy atom. The van der Waals surface area contributed by atoms with Gasteiger partial charge in [0.1, 0.15) is 0 Å². The molecule has 1 rings (SSSR count). The van der Waals surface area contributed by atoms with Crippen LogP contribution < -0.4 is 0 Å². The molecule has 3 atom stereocenters. The molecule has 14 heavy (non-hydrogen) atoms. The van der Waals surface area contributed by atoms with Crippen LogP contribution in [0.5, 0.6) is 0 Å². The first-order chi connectivity index (χ1) is 6.23. The monoisotopic (exact) mass is 196 g/mol. The highest BCUT2D eigenvalue weighted by Gasteiger charge is 2.57. The fourth-order valence-electron chi connectivity index (χ4n) is 3.68. The largest absolute Gasteiger partial charge is 0.0649 e. The van der Waals surface area contributed by atoms with E-state index in [0.717, 1.165) is 5.92 Å². The third-order valence-electron chi connectivity index (χ3n) is 6.07. The molecule has 84 valence electrons. The van der Waals surface area contributed by atoms with Gasteiger partial charge in [0, 0.05) is 0 Å². The molecular weight excluding hydrogens is 168 g/mol. The second-order valence-corrected chi connectivity index (χ2v) is 6.54. The van der Waals surface area contributed by atoms with Crippen molar-refractivity contribution in [1.29, 1.82) is 0 Å². The van der Waals surface area contributed by atoms with E-state index in [4.69, 9.17) is 0 Å². The molecule has 0 unspecified atom stereocenters. The molecule has 0 nitrogen and oxygen atoms in total. The van der Waals surface area contributed by atoms with Crippen LogP contribution in [0.25, 0.3) is 0 Å². The van der Waals surface area contributed by atoms with Crippen LogP contribution in [0.4, 0.5) is 0 Å². The minimum atomic E-state index is 0.493. The van der Waals surface area contributed by atoms with Gasteiger partial charge >= 0.3 is 0 Å². The molecule has 0 spiro atoms. The van der Waals surface area contributed by atoms with Gasteiger partial charge in [0.15, 0.2) is 0 Å². The van der Waals surface area contributed by atoms with E-state index in [2.05, 4.69) is 48.5 Å². The van der Waals surface area contributed by atoms with Crippen molar-refractivity contribution in [2.45, 2.75) is 67.7 Å². The summed E-state index contributed by atoms with van der Waals surface area (Å²) in [5.74, 6) is 0.838. The zero-order chi connectivity index (χ0) is 11.2. The molecule has 0 aromatic heterocycles. The molecule has 0 bridgehead atoms. The molecule has 1 aliphatic carbocycles. The predicted molar refractivity (Wildman–Crippen MR) is 64.4 cm³/mol. The topological polar surface area (TPSA) is 0 Å².